The number of amides is 2. The van der Waals surface area contributed by atoms with Crippen LogP contribution in [-0.2, 0) is 0 Å². The number of fused-ring (bicyclic) bond motifs is 1. The Labute approximate surface area is 168 Å². The molecule has 144 valence electrons. The Morgan fingerprint density at radius 1 is 0.931 bits per heavy atom. The molecule has 0 atom stereocenters. The number of hydrogen-bond donors (Lipinski definition) is 4. The molecule has 29 heavy (non-hydrogen) atoms. The Hall–Kier alpha value is -3.98. The first-order valence-corrected chi connectivity index (χ1v) is 9.32. The highest BCUT2D eigenvalue weighted by Crippen LogP contribution is 2.29. The van der Waals surface area contributed by atoms with Gasteiger partial charge in [0.05, 0.1) is 16.6 Å². The number of aromatic carboxylic acids is 1. The van der Waals surface area contributed by atoms with Crippen molar-refractivity contribution in [2.24, 2.45) is 0 Å². The zero-order chi connectivity index (χ0) is 20.4. The fraction of sp³-hybridized carbons (Fsp3) is 0. The Morgan fingerprint density at radius 2 is 1.66 bits per heavy atom. The number of rotatable bonds is 5. The van der Waals surface area contributed by atoms with E-state index in [1.54, 1.807) is 48.5 Å². The van der Waals surface area contributed by atoms with Gasteiger partial charge in [-0.15, -0.1) is 11.3 Å². The van der Waals surface area contributed by atoms with Gasteiger partial charge >= 0.3 is 5.97 Å². The van der Waals surface area contributed by atoms with Gasteiger partial charge in [0.25, 0.3) is 11.8 Å². The topological polar surface area (TPSA) is 124 Å². The van der Waals surface area contributed by atoms with Gasteiger partial charge in [0, 0.05) is 5.56 Å². The highest BCUT2D eigenvalue weighted by Gasteiger charge is 2.18. The number of aromatic amines is 1. The molecule has 0 fully saturated rings. The molecule has 0 aliphatic rings. The molecule has 0 bridgehead atoms. The van der Waals surface area contributed by atoms with Crippen molar-refractivity contribution in [2.45, 2.75) is 0 Å². The van der Waals surface area contributed by atoms with Gasteiger partial charge in [-0.1, -0.05) is 30.3 Å². The first kappa shape index (κ1) is 18.4. The molecule has 0 radical (unpaired) electrons. The molecule has 4 aromatic rings. The molecular weight excluding hydrogens is 392 g/mol. The minimum Gasteiger partial charge on any atom is -0.477 e. The zero-order valence-corrected chi connectivity index (χ0v) is 15.6. The predicted molar refractivity (Wildman–Crippen MR) is 110 cm³/mol. The molecule has 2 aromatic carbocycles. The van der Waals surface area contributed by atoms with Crippen LogP contribution in [0.5, 0.6) is 0 Å². The van der Waals surface area contributed by atoms with Crippen LogP contribution in [-0.4, -0.2) is 33.1 Å². The molecule has 8 nitrogen and oxygen atoms in total. The summed E-state index contributed by atoms with van der Waals surface area (Å²) in [7, 11) is 0. The first-order valence-electron chi connectivity index (χ1n) is 8.51. The third-order valence-electron chi connectivity index (χ3n) is 4.16. The summed E-state index contributed by atoms with van der Waals surface area (Å²) in [6.07, 6.45) is 0. The van der Waals surface area contributed by atoms with Crippen molar-refractivity contribution in [3.63, 3.8) is 0 Å². The number of aromatic nitrogens is 2. The Balaban J connectivity index is 1.58. The molecular formula is C20H14N4O4S. The normalized spacial score (nSPS) is 10.6. The summed E-state index contributed by atoms with van der Waals surface area (Å²) in [5.41, 5.74) is 1.07. The Morgan fingerprint density at radius 3 is 2.41 bits per heavy atom. The van der Waals surface area contributed by atoms with Crippen molar-refractivity contribution < 1.29 is 19.5 Å². The van der Waals surface area contributed by atoms with E-state index >= 15 is 0 Å². The standard InChI is InChI=1S/C20H14N4O4S/c25-17(11-6-2-1-3-7-11)21-14-9-5-4-8-12(14)18(26)22-16-13-10-15(20(27)28)29-19(13)24-23-16/h1-10H,(H,21,25)(H,27,28)(H2,22,23,24,26). The number of hydrogen-bond acceptors (Lipinski definition) is 5. The molecule has 2 amide bonds. The summed E-state index contributed by atoms with van der Waals surface area (Å²) in [4.78, 5) is 37.1. The maximum Gasteiger partial charge on any atom is 0.345 e. The van der Waals surface area contributed by atoms with Crippen LogP contribution in [0.1, 0.15) is 30.4 Å². The third kappa shape index (κ3) is 3.71. The number of thiophene rings is 1. The van der Waals surface area contributed by atoms with Crippen LogP contribution in [0, 0.1) is 0 Å². The van der Waals surface area contributed by atoms with Crippen molar-refractivity contribution in [1.82, 2.24) is 10.2 Å². The molecule has 0 aliphatic heterocycles. The van der Waals surface area contributed by atoms with Gasteiger partial charge in [-0.05, 0) is 30.3 Å². The van der Waals surface area contributed by atoms with E-state index in [-0.39, 0.29) is 22.2 Å². The van der Waals surface area contributed by atoms with Gasteiger partial charge in [-0.3, -0.25) is 14.7 Å². The Kier molecular flexibility index (Phi) is 4.80. The smallest absolute Gasteiger partial charge is 0.345 e. The lowest BCUT2D eigenvalue weighted by atomic mass is 10.1. The molecule has 4 rings (SSSR count). The van der Waals surface area contributed by atoms with E-state index in [1.807, 2.05) is 6.07 Å². The van der Waals surface area contributed by atoms with Crippen LogP contribution in [0.3, 0.4) is 0 Å². The van der Waals surface area contributed by atoms with Crippen LogP contribution in [0.25, 0.3) is 10.2 Å². The zero-order valence-electron chi connectivity index (χ0n) is 14.8. The van der Waals surface area contributed by atoms with Crippen molar-refractivity contribution in [2.75, 3.05) is 10.6 Å². The first-order chi connectivity index (χ1) is 14.0. The lowest BCUT2D eigenvalue weighted by molar-refractivity contribution is 0.0701. The SMILES string of the molecule is O=C(Nc1ccccc1C(=O)Nc1n[nH]c2sc(C(=O)O)cc12)c1ccccc1. The van der Waals surface area contributed by atoms with Gasteiger partial charge < -0.3 is 15.7 Å². The molecule has 4 N–H and O–H groups in total. The maximum absolute atomic E-state index is 12.8. The van der Waals surface area contributed by atoms with Crippen LogP contribution in [0.15, 0.2) is 60.7 Å². The molecule has 2 aromatic heterocycles. The van der Waals surface area contributed by atoms with E-state index in [2.05, 4.69) is 20.8 Å². The quantitative estimate of drug-likeness (QED) is 0.401. The number of benzene rings is 2. The lowest BCUT2D eigenvalue weighted by Crippen LogP contribution is -2.18. The summed E-state index contributed by atoms with van der Waals surface area (Å²) < 4.78 is 0. The van der Waals surface area contributed by atoms with Crippen molar-refractivity contribution >= 4 is 50.8 Å². The average molecular weight is 406 g/mol. The molecule has 0 spiro atoms. The van der Waals surface area contributed by atoms with Crippen LogP contribution < -0.4 is 10.6 Å². The van der Waals surface area contributed by atoms with Gasteiger partial charge in [0.2, 0.25) is 0 Å². The number of carbonyl (C=O) groups is 3. The number of nitrogens with zero attached hydrogens (tertiary/aromatic N) is 1. The third-order valence-corrected chi connectivity index (χ3v) is 5.18. The van der Waals surface area contributed by atoms with E-state index in [4.69, 9.17) is 5.11 Å². The Bertz CT molecular complexity index is 1230. The highest BCUT2D eigenvalue weighted by molar-refractivity contribution is 7.20. The fourth-order valence-corrected chi connectivity index (χ4v) is 3.61. The maximum atomic E-state index is 12.8. The second kappa shape index (κ2) is 7.56. The fourth-order valence-electron chi connectivity index (χ4n) is 2.77. The largest absolute Gasteiger partial charge is 0.477 e. The monoisotopic (exact) mass is 406 g/mol. The van der Waals surface area contributed by atoms with Crippen molar-refractivity contribution in [3.05, 3.63) is 76.7 Å². The number of H-pyrrole nitrogens is 1. The molecule has 0 saturated heterocycles. The van der Waals surface area contributed by atoms with E-state index in [0.717, 1.165) is 11.3 Å². The molecule has 2 heterocycles. The summed E-state index contributed by atoms with van der Waals surface area (Å²) >= 11 is 1.03. The van der Waals surface area contributed by atoms with E-state index in [1.165, 1.54) is 6.07 Å². The van der Waals surface area contributed by atoms with Gasteiger partial charge in [0.1, 0.15) is 9.71 Å². The number of para-hydroxylation sites is 1. The van der Waals surface area contributed by atoms with Crippen LogP contribution >= 0.6 is 11.3 Å². The van der Waals surface area contributed by atoms with Gasteiger partial charge in [-0.2, -0.15) is 5.10 Å². The molecule has 0 saturated carbocycles. The number of carbonyl (C=O) groups excluding carboxylic acids is 2. The number of carboxylic acid groups (broad SMARTS) is 1. The second-order valence-corrected chi connectivity index (χ2v) is 7.10. The average Bonchev–Trinajstić information content (AvgIpc) is 3.31. The van der Waals surface area contributed by atoms with Crippen LogP contribution in [0.2, 0.25) is 0 Å². The van der Waals surface area contributed by atoms with E-state index in [9.17, 15) is 14.4 Å². The number of anilines is 2. The van der Waals surface area contributed by atoms with Crippen molar-refractivity contribution in [1.29, 1.82) is 0 Å². The summed E-state index contributed by atoms with van der Waals surface area (Å²) in [6.45, 7) is 0. The minimum atomic E-state index is -1.05. The van der Waals surface area contributed by atoms with Gasteiger partial charge in [0.15, 0.2) is 5.82 Å². The number of nitrogens with one attached hydrogen (secondary N) is 3. The second-order valence-electron chi connectivity index (χ2n) is 6.05. The minimum absolute atomic E-state index is 0.139. The summed E-state index contributed by atoms with van der Waals surface area (Å²) in [5.74, 6) is -1.65. The van der Waals surface area contributed by atoms with Gasteiger partial charge in [-0.25, -0.2) is 4.79 Å². The molecule has 9 heteroatoms. The molecule has 0 aliphatic carbocycles. The van der Waals surface area contributed by atoms with Crippen LogP contribution in [0.4, 0.5) is 11.5 Å². The molecule has 0 unspecified atom stereocenters. The highest BCUT2D eigenvalue weighted by atomic mass is 32.1. The summed E-state index contributed by atoms with van der Waals surface area (Å²) in [6, 6.07) is 16.7. The predicted octanol–water partition coefficient (Wildman–Crippen LogP) is 3.83. The number of carboxylic acids is 1. The van der Waals surface area contributed by atoms with E-state index < -0.39 is 11.9 Å². The van der Waals surface area contributed by atoms with Crippen molar-refractivity contribution in [3.8, 4) is 0 Å². The summed E-state index contributed by atoms with van der Waals surface area (Å²) in [5, 5.41) is 21.8. The lowest BCUT2D eigenvalue weighted by Gasteiger charge is -2.10. The van der Waals surface area contributed by atoms with E-state index in [0.29, 0.717) is 21.5 Å².